The van der Waals surface area contributed by atoms with Crippen LogP contribution >= 0.6 is 11.8 Å². The van der Waals surface area contributed by atoms with Crippen LogP contribution in [0.5, 0.6) is 5.75 Å². The molecular weight excluding hydrogens is 272 g/mol. The summed E-state index contributed by atoms with van der Waals surface area (Å²) in [4.78, 5) is 13.9. The molecule has 20 heavy (non-hydrogen) atoms. The maximum atomic E-state index is 12.2. The lowest BCUT2D eigenvalue weighted by molar-refractivity contribution is -0.131. The van der Waals surface area contributed by atoms with Crippen molar-refractivity contribution in [2.45, 2.75) is 25.9 Å². The number of methoxy groups -OCH3 is 1. The number of likely N-dealkylation sites (N-methyl/N-ethyl adjacent to an activating group) is 1. The van der Waals surface area contributed by atoms with Crippen LogP contribution in [0.25, 0.3) is 0 Å². The van der Waals surface area contributed by atoms with E-state index in [1.54, 1.807) is 30.8 Å². The summed E-state index contributed by atoms with van der Waals surface area (Å²) in [5.74, 6) is 1.67. The molecule has 0 bridgehead atoms. The van der Waals surface area contributed by atoms with E-state index in [4.69, 9.17) is 10.5 Å². The molecule has 0 unspecified atom stereocenters. The van der Waals surface area contributed by atoms with E-state index in [2.05, 4.69) is 0 Å². The maximum absolute atomic E-state index is 12.2. The molecule has 0 aliphatic carbocycles. The SMILES string of the molecule is COc1ccc(C)cc1CN(C)C(=O)[C@H](N)CCSC. The molecule has 0 heterocycles. The third-order valence-electron chi connectivity index (χ3n) is 3.17. The van der Waals surface area contributed by atoms with Crippen LogP contribution in [0.1, 0.15) is 17.5 Å². The normalized spacial score (nSPS) is 12.1. The van der Waals surface area contributed by atoms with Crippen LogP contribution in [0.4, 0.5) is 0 Å². The van der Waals surface area contributed by atoms with Gasteiger partial charge in [-0.1, -0.05) is 17.7 Å². The van der Waals surface area contributed by atoms with Gasteiger partial charge in [-0.2, -0.15) is 11.8 Å². The Balaban J connectivity index is 2.72. The van der Waals surface area contributed by atoms with Gasteiger partial charge in [-0.05, 0) is 31.4 Å². The number of hydrogen-bond donors (Lipinski definition) is 1. The van der Waals surface area contributed by atoms with Crippen LogP contribution in [0.3, 0.4) is 0 Å². The van der Waals surface area contributed by atoms with Crippen molar-refractivity contribution in [3.8, 4) is 5.75 Å². The molecular formula is C15H24N2O2S. The molecule has 0 radical (unpaired) electrons. The molecule has 0 aromatic heterocycles. The lowest BCUT2D eigenvalue weighted by atomic mass is 10.1. The van der Waals surface area contributed by atoms with E-state index < -0.39 is 6.04 Å². The molecule has 0 fully saturated rings. The van der Waals surface area contributed by atoms with Gasteiger partial charge in [-0.3, -0.25) is 4.79 Å². The molecule has 4 nitrogen and oxygen atoms in total. The minimum atomic E-state index is -0.428. The minimum Gasteiger partial charge on any atom is -0.496 e. The second-order valence-corrected chi connectivity index (χ2v) is 5.88. The molecule has 0 saturated carbocycles. The zero-order chi connectivity index (χ0) is 15.1. The van der Waals surface area contributed by atoms with Crippen molar-refractivity contribution in [2.24, 2.45) is 5.73 Å². The van der Waals surface area contributed by atoms with Crippen molar-refractivity contribution >= 4 is 17.7 Å². The largest absolute Gasteiger partial charge is 0.496 e. The topological polar surface area (TPSA) is 55.6 Å². The van der Waals surface area contributed by atoms with Crippen LogP contribution in [0.2, 0.25) is 0 Å². The first-order valence-corrected chi connectivity index (χ1v) is 8.02. The average Bonchev–Trinajstić information content (AvgIpc) is 2.44. The summed E-state index contributed by atoms with van der Waals surface area (Å²) in [5, 5.41) is 0. The number of carbonyl (C=O) groups excluding carboxylic acids is 1. The van der Waals surface area contributed by atoms with Gasteiger partial charge in [0.25, 0.3) is 0 Å². The number of rotatable bonds is 7. The number of amides is 1. The fourth-order valence-electron chi connectivity index (χ4n) is 2.02. The Bertz CT molecular complexity index is 451. The summed E-state index contributed by atoms with van der Waals surface area (Å²) in [6, 6.07) is 5.53. The average molecular weight is 296 g/mol. The first kappa shape index (κ1) is 16.9. The Kier molecular flexibility index (Phi) is 6.88. The molecule has 0 aliphatic rings. The smallest absolute Gasteiger partial charge is 0.239 e. The van der Waals surface area contributed by atoms with Gasteiger partial charge in [0.1, 0.15) is 5.75 Å². The van der Waals surface area contributed by atoms with E-state index in [0.717, 1.165) is 22.6 Å². The molecule has 0 spiro atoms. The highest BCUT2D eigenvalue weighted by Crippen LogP contribution is 2.21. The van der Waals surface area contributed by atoms with E-state index in [-0.39, 0.29) is 5.91 Å². The van der Waals surface area contributed by atoms with E-state index in [0.29, 0.717) is 13.0 Å². The van der Waals surface area contributed by atoms with Crippen LogP contribution in [-0.4, -0.2) is 43.0 Å². The Morgan fingerprint density at radius 2 is 2.20 bits per heavy atom. The van der Waals surface area contributed by atoms with Gasteiger partial charge in [0.15, 0.2) is 0 Å². The molecule has 2 N–H and O–H groups in total. The lowest BCUT2D eigenvalue weighted by Gasteiger charge is -2.22. The summed E-state index contributed by atoms with van der Waals surface area (Å²) in [7, 11) is 3.42. The Labute approximate surface area is 125 Å². The second kappa shape index (κ2) is 8.17. The number of nitrogens with two attached hydrogens (primary N) is 1. The molecule has 1 aromatic rings. The Morgan fingerprint density at radius 1 is 1.50 bits per heavy atom. The number of nitrogens with zero attached hydrogens (tertiary/aromatic N) is 1. The fourth-order valence-corrected chi connectivity index (χ4v) is 2.51. The van der Waals surface area contributed by atoms with Crippen LogP contribution in [-0.2, 0) is 11.3 Å². The van der Waals surface area contributed by atoms with Crippen molar-refractivity contribution in [3.63, 3.8) is 0 Å². The zero-order valence-electron chi connectivity index (χ0n) is 12.7. The minimum absolute atomic E-state index is 0.0254. The van der Waals surface area contributed by atoms with Gasteiger partial charge in [-0.15, -0.1) is 0 Å². The van der Waals surface area contributed by atoms with Crippen LogP contribution in [0.15, 0.2) is 18.2 Å². The highest BCUT2D eigenvalue weighted by Gasteiger charge is 2.18. The zero-order valence-corrected chi connectivity index (χ0v) is 13.5. The Hall–Kier alpha value is -1.20. The molecule has 1 amide bonds. The second-order valence-electron chi connectivity index (χ2n) is 4.90. The van der Waals surface area contributed by atoms with Gasteiger partial charge in [0.2, 0.25) is 5.91 Å². The number of thioether (sulfide) groups is 1. The van der Waals surface area contributed by atoms with Gasteiger partial charge in [-0.25, -0.2) is 0 Å². The molecule has 1 atom stereocenters. The maximum Gasteiger partial charge on any atom is 0.239 e. The Morgan fingerprint density at radius 3 is 2.80 bits per heavy atom. The van der Waals surface area contributed by atoms with Gasteiger partial charge < -0.3 is 15.4 Å². The first-order chi connectivity index (χ1) is 9.49. The van der Waals surface area contributed by atoms with Crippen LogP contribution < -0.4 is 10.5 Å². The predicted octanol–water partition coefficient (Wildman–Crippen LogP) is 2.04. The van der Waals surface area contributed by atoms with Crippen molar-refractivity contribution < 1.29 is 9.53 Å². The lowest BCUT2D eigenvalue weighted by Crippen LogP contribution is -2.41. The number of aryl methyl sites for hydroxylation is 1. The van der Waals surface area contributed by atoms with Gasteiger partial charge in [0, 0.05) is 19.2 Å². The fraction of sp³-hybridized carbons (Fsp3) is 0.533. The number of carbonyl (C=O) groups is 1. The first-order valence-electron chi connectivity index (χ1n) is 6.62. The monoisotopic (exact) mass is 296 g/mol. The summed E-state index contributed by atoms with van der Waals surface area (Å²) >= 11 is 1.70. The highest BCUT2D eigenvalue weighted by atomic mass is 32.2. The van der Waals surface area contributed by atoms with Crippen molar-refractivity contribution in [3.05, 3.63) is 29.3 Å². The molecule has 1 aromatic carbocycles. The van der Waals surface area contributed by atoms with E-state index in [1.807, 2.05) is 31.4 Å². The highest BCUT2D eigenvalue weighted by molar-refractivity contribution is 7.98. The molecule has 112 valence electrons. The molecule has 1 rings (SSSR count). The van der Waals surface area contributed by atoms with Gasteiger partial charge in [0.05, 0.1) is 13.2 Å². The van der Waals surface area contributed by atoms with Crippen molar-refractivity contribution in [1.82, 2.24) is 4.90 Å². The van der Waals surface area contributed by atoms with Gasteiger partial charge >= 0.3 is 0 Å². The predicted molar refractivity (Wildman–Crippen MR) is 85.2 cm³/mol. The van der Waals surface area contributed by atoms with E-state index in [9.17, 15) is 4.79 Å². The molecule has 0 aliphatic heterocycles. The third kappa shape index (κ3) is 4.72. The molecule has 5 heteroatoms. The van der Waals surface area contributed by atoms with Crippen LogP contribution in [0, 0.1) is 6.92 Å². The standard InChI is InChI=1S/C15H24N2O2S/c1-11-5-6-14(19-3)12(9-11)10-17(2)15(18)13(16)7-8-20-4/h5-6,9,13H,7-8,10,16H2,1-4H3/t13-/m1/s1. The summed E-state index contributed by atoms with van der Waals surface area (Å²) in [6.45, 7) is 2.53. The van der Waals surface area contributed by atoms with E-state index >= 15 is 0 Å². The van der Waals surface area contributed by atoms with E-state index in [1.165, 1.54) is 0 Å². The summed E-state index contributed by atoms with van der Waals surface area (Å²) in [5.41, 5.74) is 8.07. The number of hydrogen-bond acceptors (Lipinski definition) is 4. The number of ether oxygens (including phenoxy) is 1. The quantitative estimate of drug-likeness (QED) is 0.836. The third-order valence-corrected chi connectivity index (χ3v) is 3.81. The summed E-state index contributed by atoms with van der Waals surface area (Å²) in [6.07, 6.45) is 2.72. The van der Waals surface area contributed by atoms with Crippen molar-refractivity contribution in [1.29, 1.82) is 0 Å². The number of benzene rings is 1. The summed E-state index contributed by atoms with van der Waals surface area (Å²) < 4.78 is 5.33. The molecule has 0 saturated heterocycles. The van der Waals surface area contributed by atoms with Crippen molar-refractivity contribution in [2.75, 3.05) is 26.2 Å².